The van der Waals surface area contributed by atoms with Gasteiger partial charge in [0.2, 0.25) is 0 Å². The van der Waals surface area contributed by atoms with E-state index in [4.69, 9.17) is 9.47 Å². The van der Waals surface area contributed by atoms with Gasteiger partial charge in [0.05, 0.1) is 31.5 Å². The van der Waals surface area contributed by atoms with E-state index in [1.54, 1.807) is 14.2 Å². The van der Waals surface area contributed by atoms with Gasteiger partial charge in [-0.3, -0.25) is 4.40 Å². The molecular formula is C16H16N2O2. The minimum absolute atomic E-state index is 0.762. The third-order valence-electron chi connectivity index (χ3n) is 3.39. The summed E-state index contributed by atoms with van der Waals surface area (Å²) in [6, 6.07) is 9.89. The fourth-order valence-corrected chi connectivity index (χ4v) is 2.42. The Morgan fingerprint density at radius 1 is 1.10 bits per heavy atom. The molecular weight excluding hydrogens is 252 g/mol. The molecule has 0 spiro atoms. The summed E-state index contributed by atoms with van der Waals surface area (Å²) in [5.74, 6) is 2.42. The van der Waals surface area contributed by atoms with E-state index in [2.05, 4.69) is 9.38 Å². The molecule has 1 aromatic carbocycles. The van der Waals surface area contributed by atoms with Crippen LogP contribution in [-0.4, -0.2) is 23.6 Å². The predicted molar refractivity (Wildman–Crippen MR) is 78.5 cm³/mol. The second-order valence-electron chi connectivity index (χ2n) is 4.60. The van der Waals surface area contributed by atoms with Crippen LogP contribution in [0.15, 0.2) is 42.7 Å². The maximum Gasteiger partial charge on any atom is 0.148 e. The van der Waals surface area contributed by atoms with Gasteiger partial charge in [-0.2, -0.15) is 0 Å². The summed E-state index contributed by atoms with van der Waals surface area (Å²) in [5, 5.41) is 0. The Hall–Kier alpha value is -2.49. The van der Waals surface area contributed by atoms with Crippen LogP contribution in [0.1, 0.15) is 5.56 Å². The van der Waals surface area contributed by atoms with Gasteiger partial charge in [0.15, 0.2) is 0 Å². The van der Waals surface area contributed by atoms with Crippen LogP contribution in [0.4, 0.5) is 0 Å². The molecule has 0 aliphatic rings. The van der Waals surface area contributed by atoms with E-state index in [1.165, 1.54) is 0 Å². The summed E-state index contributed by atoms with van der Waals surface area (Å²) in [7, 11) is 3.31. The minimum atomic E-state index is 0.762. The fourth-order valence-electron chi connectivity index (χ4n) is 2.42. The van der Waals surface area contributed by atoms with E-state index >= 15 is 0 Å². The molecule has 0 amide bonds. The molecule has 0 fully saturated rings. The molecule has 0 saturated carbocycles. The molecule has 0 N–H and O–H groups in total. The number of hydrogen-bond acceptors (Lipinski definition) is 3. The molecule has 3 rings (SSSR count). The first-order chi connectivity index (χ1) is 9.74. The first-order valence-electron chi connectivity index (χ1n) is 6.39. The van der Waals surface area contributed by atoms with Gasteiger partial charge in [0, 0.05) is 12.3 Å². The standard InChI is InChI=1S/C16H16N2O2/c1-11-8-13(19-2)9-14(20-3)15(11)16-17-10-12-6-4-5-7-18(12)16/h4-10H,1-3H3. The highest BCUT2D eigenvalue weighted by molar-refractivity contribution is 5.73. The smallest absolute Gasteiger partial charge is 0.148 e. The van der Waals surface area contributed by atoms with Crippen molar-refractivity contribution in [2.75, 3.05) is 14.2 Å². The van der Waals surface area contributed by atoms with Crippen LogP contribution in [0, 0.1) is 6.92 Å². The largest absolute Gasteiger partial charge is 0.497 e. The van der Waals surface area contributed by atoms with Crippen molar-refractivity contribution in [3.63, 3.8) is 0 Å². The molecule has 2 heterocycles. The summed E-state index contributed by atoms with van der Waals surface area (Å²) >= 11 is 0. The van der Waals surface area contributed by atoms with Gasteiger partial charge < -0.3 is 9.47 Å². The number of aromatic nitrogens is 2. The maximum atomic E-state index is 5.51. The highest BCUT2D eigenvalue weighted by atomic mass is 16.5. The highest BCUT2D eigenvalue weighted by Crippen LogP contribution is 2.36. The average molecular weight is 268 g/mol. The summed E-state index contributed by atoms with van der Waals surface area (Å²) in [6.07, 6.45) is 3.86. The molecule has 2 aromatic heterocycles. The number of rotatable bonds is 3. The number of imidazole rings is 1. The normalized spacial score (nSPS) is 10.8. The van der Waals surface area contributed by atoms with Gasteiger partial charge in [0.1, 0.15) is 17.3 Å². The molecule has 0 unspecified atom stereocenters. The van der Waals surface area contributed by atoms with Crippen LogP contribution < -0.4 is 9.47 Å². The zero-order valence-corrected chi connectivity index (χ0v) is 11.8. The van der Waals surface area contributed by atoms with Crippen molar-refractivity contribution in [3.8, 4) is 22.9 Å². The SMILES string of the molecule is COc1cc(C)c(-c2ncc3ccccn23)c(OC)c1. The first-order valence-corrected chi connectivity index (χ1v) is 6.39. The van der Waals surface area contributed by atoms with E-state index in [0.29, 0.717) is 0 Å². The number of methoxy groups -OCH3 is 2. The van der Waals surface area contributed by atoms with E-state index in [9.17, 15) is 0 Å². The zero-order chi connectivity index (χ0) is 14.1. The molecule has 0 bridgehead atoms. The molecule has 102 valence electrons. The van der Waals surface area contributed by atoms with Gasteiger partial charge in [-0.1, -0.05) is 6.07 Å². The summed E-state index contributed by atoms with van der Waals surface area (Å²) in [5.41, 5.74) is 3.11. The zero-order valence-electron chi connectivity index (χ0n) is 11.8. The lowest BCUT2D eigenvalue weighted by Crippen LogP contribution is -1.97. The summed E-state index contributed by atoms with van der Waals surface area (Å²) in [4.78, 5) is 4.53. The van der Waals surface area contributed by atoms with E-state index in [0.717, 1.165) is 34.0 Å². The van der Waals surface area contributed by atoms with Crippen molar-refractivity contribution in [2.45, 2.75) is 6.92 Å². The van der Waals surface area contributed by atoms with E-state index in [-0.39, 0.29) is 0 Å². The molecule has 0 radical (unpaired) electrons. The number of benzene rings is 1. The third-order valence-corrected chi connectivity index (χ3v) is 3.39. The Morgan fingerprint density at radius 3 is 2.70 bits per heavy atom. The third kappa shape index (κ3) is 1.90. The molecule has 4 heteroatoms. The lowest BCUT2D eigenvalue weighted by atomic mass is 10.1. The number of nitrogens with zero attached hydrogens (tertiary/aromatic N) is 2. The Balaban J connectivity index is 2.28. The van der Waals surface area contributed by atoms with E-state index in [1.807, 2.05) is 49.6 Å². The van der Waals surface area contributed by atoms with Gasteiger partial charge in [-0.25, -0.2) is 4.98 Å². The van der Waals surface area contributed by atoms with Crippen LogP contribution in [0.5, 0.6) is 11.5 Å². The van der Waals surface area contributed by atoms with Crippen LogP contribution in [0.25, 0.3) is 16.9 Å². The first kappa shape index (κ1) is 12.5. The summed E-state index contributed by atoms with van der Waals surface area (Å²) < 4.78 is 12.9. The molecule has 3 aromatic rings. The second-order valence-corrected chi connectivity index (χ2v) is 4.60. The van der Waals surface area contributed by atoms with Gasteiger partial charge in [-0.05, 0) is 30.7 Å². The second kappa shape index (κ2) is 4.89. The topological polar surface area (TPSA) is 35.8 Å². The lowest BCUT2D eigenvalue weighted by molar-refractivity contribution is 0.394. The molecule has 4 nitrogen and oxygen atoms in total. The van der Waals surface area contributed by atoms with Crippen LogP contribution >= 0.6 is 0 Å². The summed E-state index contributed by atoms with van der Waals surface area (Å²) in [6.45, 7) is 2.03. The molecule has 0 saturated heterocycles. The average Bonchev–Trinajstić information content (AvgIpc) is 2.90. The Morgan fingerprint density at radius 2 is 1.95 bits per heavy atom. The minimum Gasteiger partial charge on any atom is -0.497 e. The van der Waals surface area contributed by atoms with Crippen molar-refractivity contribution in [1.82, 2.24) is 9.38 Å². The van der Waals surface area contributed by atoms with Gasteiger partial charge in [-0.15, -0.1) is 0 Å². The Bertz CT molecular complexity index is 762. The molecule has 0 aliphatic heterocycles. The maximum absolute atomic E-state index is 5.51. The number of pyridine rings is 1. The van der Waals surface area contributed by atoms with Gasteiger partial charge >= 0.3 is 0 Å². The quantitative estimate of drug-likeness (QED) is 0.731. The van der Waals surface area contributed by atoms with Crippen LogP contribution in [0.3, 0.4) is 0 Å². The number of hydrogen-bond donors (Lipinski definition) is 0. The van der Waals surface area contributed by atoms with Crippen molar-refractivity contribution in [3.05, 3.63) is 48.3 Å². The van der Waals surface area contributed by atoms with Crippen molar-refractivity contribution in [1.29, 1.82) is 0 Å². The predicted octanol–water partition coefficient (Wildman–Crippen LogP) is 3.33. The van der Waals surface area contributed by atoms with Crippen molar-refractivity contribution in [2.24, 2.45) is 0 Å². The van der Waals surface area contributed by atoms with Crippen LogP contribution in [0.2, 0.25) is 0 Å². The highest BCUT2D eigenvalue weighted by Gasteiger charge is 2.16. The number of ether oxygens (including phenoxy) is 2. The van der Waals surface area contributed by atoms with Gasteiger partial charge in [0.25, 0.3) is 0 Å². The number of aryl methyl sites for hydroxylation is 1. The Kier molecular flexibility index (Phi) is 3.06. The van der Waals surface area contributed by atoms with Crippen molar-refractivity contribution < 1.29 is 9.47 Å². The molecule has 20 heavy (non-hydrogen) atoms. The van der Waals surface area contributed by atoms with Crippen LogP contribution in [-0.2, 0) is 0 Å². The van der Waals surface area contributed by atoms with E-state index < -0.39 is 0 Å². The van der Waals surface area contributed by atoms with Crippen molar-refractivity contribution >= 4 is 5.52 Å². The molecule has 0 aliphatic carbocycles. The Labute approximate surface area is 117 Å². The number of fused-ring (bicyclic) bond motifs is 1. The monoisotopic (exact) mass is 268 g/mol. The lowest BCUT2D eigenvalue weighted by Gasteiger charge is -2.13. The fraction of sp³-hybridized carbons (Fsp3) is 0.188. The molecule has 0 atom stereocenters.